The quantitative estimate of drug-likeness (QED) is 0.140. The number of aromatic nitrogens is 1. The molecule has 2 nitrogen and oxygen atoms in total. The minimum Gasteiger partial charge on any atom is -0.310 e. The first-order chi connectivity index (χ1) is 32.7. The highest BCUT2D eigenvalue weighted by Crippen LogP contribution is 2.47. The zero-order valence-electron chi connectivity index (χ0n) is 37.0. The van der Waals surface area contributed by atoms with Gasteiger partial charge in [0.1, 0.15) is 0 Å². The van der Waals surface area contributed by atoms with Gasteiger partial charge in [-0.2, -0.15) is 0 Å². The van der Waals surface area contributed by atoms with Gasteiger partial charge in [-0.1, -0.05) is 195 Å². The van der Waals surface area contributed by atoms with E-state index in [1.807, 2.05) is 0 Å². The average molecular weight is 847 g/mol. The third-order valence-electron chi connectivity index (χ3n) is 14.0. The monoisotopic (exact) mass is 846 g/mol. The van der Waals surface area contributed by atoms with Crippen LogP contribution in [0.3, 0.4) is 0 Å². The number of hydrogen-bond donors (Lipinski definition) is 0. The summed E-state index contributed by atoms with van der Waals surface area (Å²) in [5.41, 5.74) is 18.2. The summed E-state index contributed by atoms with van der Waals surface area (Å²) in [7, 11) is 0. The summed E-state index contributed by atoms with van der Waals surface area (Å²) >= 11 is 0. The highest BCUT2D eigenvalue weighted by Gasteiger charge is 2.23. The molecule has 0 amide bonds. The highest BCUT2D eigenvalue weighted by atomic mass is 15.1. The van der Waals surface area contributed by atoms with Crippen LogP contribution in [-0.4, -0.2) is 4.57 Å². The number of hydrogen-bond acceptors (Lipinski definition) is 1. The SMILES string of the molecule is c1ccc(-c2ccc(-c3ccc(N(c4cccc(-c5ccc6c(c5)c5ccccc5n6-c5ccccc5)c4)c4ccccc4-c4cccc5cccc(C6CCCCC6)c45)cc3)cc2)cc1. The zero-order valence-corrected chi connectivity index (χ0v) is 37.0. The molecule has 66 heavy (non-hydrogen) atoms. The van der Waals surface area contributed by atoms with Crippen LogP contribution in [-0.2, 0) is 0 Å². The standard InChI is InChI=1S/C64H50N2/c1-4-17-45(18-5-1)46-33-35-47(36-34-46)48-37-40-54(41-38-48)65(61-31-12-10-27-57(61)59-30-16-22-50-21-15-29-56(64(50)59)49-19-6-2-7-20-49)55-26-14-23-51(43-55)52-39-42-63-60(44-52)58-28-11-13-32-62(58)66(63)53-24-8-3-9-25-53/h1,3-5,8-18,21-44,49H,2,6-7,19-20H2. The summed E-state index contributed by atoms with van der Waals surface area (Å²) in [5.74, 6) is 0.580. The second-order valence-corrected chi connectivity index (χ2v) is 17.9. The van der Waals surface area contributed by atoms with Gasteiger partial charge < -0.3 is 9.47 Å². The van der Waals surface area contributed by atoms with Gasteiger partial charge in [0.2, 0.25) is 0 Å². The van der Waals surface area contributed by atoms with Crippen LogP contribution in [0, 0.1) is 0 Å². The van der Waals surface area contributed by atoms with Crippen molar-refractivity contribution in [2.24, 2.45) is 0 Å². The fourth-order valence-corrected chi connectivity index (χ4v) is 10.8. The molecule has 1 aliphatic carbocycles. The highest BCUT2D eigenvalue weighted by molar-refractivity contribution is 6.10. The van der Waals surface area contributed by atoms with Crippen molar-refractivity contribution in [1.29, 1.82) is 0 Å². The van der Waals surface area contributed by atoms with Gasteiger partial charge in [-0.15, -0.1) is 0 Å². The molecular weight excluding hydrogens is 797 g/mol. The molecule has 0 saturated heterocycles. The van der Waals surface area contributed by atoms with E-state index < -0.39 is 0 Å². The van der Waals surface area contributed by atoms with Crippen molar-refractivity contribution in [2.45, 2.75) is 38.0 Å². The molecule has 1 fully saturated rings. The molecule has 11 aromatic rings. The molecule has 0 unspecified atom stereocenters. The van der Waals surface area contributed by atoms with Gasteiger partial charge in [-0.25, -0.2) is 0 Å². The van der Waals surface area contributed by atoms with Gasteiger partial charge in [0.05, 0.1) is 16.7 Å². The Morgan fingerprint density at radius 1 is 0.364 bits per heavy atom. The molecule has 0 bridgehead atoms. The Morgan fingerprint density at radius 3 is 1.70 bits per heavy atom. The summed E-state index contributed by atoms with van der Waals surface area (Å²) in [6.07, 6.45) is 6.47. The maximum atomic E-state index is 2.48. The molecular formula is C64H50N2. The van der Waals surface area contributed by atoms with Crippen LogP contribution in [0.4, 0.5) is 17.1 Å². The van der Waals surface area contributed by atoms with E-state index in [1.165, 1.54) is 120 Å². The summed E-state index contributed by atoms with van der Waals surface area (Å²) in [5, 5.41) is 5.20. The predicted molar refractivity (Wildman–Crippen MR) is 281 cm³/mol. The Labute approximate surface area is 387 Å². The molecule has 0 radical (unpaired) electrons. The first kappa shape index (κ1) is 39.6. The van der Waals surface area contributed by atoms with Crippen molar-refractivity contribution >= 4 is 49.6 Å². The van der Waals surface area contributed by atoms with Gasteiger partial charge in [0, 0.05) is 33.4 Å². The second-order valence-electron chi connectivity index (χ2n) is 17.9. The molecule has 10 aromatic carbocycles. The average Bonchev–Trinajstić information content (AvgIpc) is 3.73. The van der Waals surface area contributed by atoms with Crippen LogP contribution in [0.5, 0.6) is 0 Å². The van der Waals surface area contributed by atoms with E-state index in [1.54, 1.807) is 0 Å². The lowest BCUT2D eigenvalue weighted by molar-refractivity contribution is 0.445. The number of fused-ring (bicyclic) bond motifs is 4. The third-order valence-corrected chi connectivity index (χ3v) is 14.0. The zero-order chi connectivity index (χ0) is 43.8. The van der Waals surface area contributed by atoms with Crippen molar-refractivity contribution in [3.63, 3.8) is 0 Å². The van der Waals surface area contributed by atoms with Crippen LogP contribution < -0.4 is 4.90 Å². The molecule has 1 saturated carbocycles. The fraction of sp³-hybridized carbons (Fsp3) is 0.0938. The summed E-state index contributed by atoms with van der Waals surface area (Å²) in [4.78, 5) is 2.48. The van der Waals surface area contributed by atoms with E-state index in [9.17, 15) is 0 Å². The Hall–Kier alpha value is -7.94. The van der Waals surface area contributed by atoms with Crippen molar-refractivity contribution in [1.82, 2.24) is 4.57 Å². The fourth-order valence-electron chi connectivity index (χ4n) is 10.8. The Bertz CT molecular complexity index is 3480. The van der Waals surface area contributed by atoms with Gasteiger partial charge >= 0.3 is 0 Å². The first-order valence-corrected chi connectivity index (χ1v) is 23.6. The van der Waals surface area contributed by atoms with Crippen molar-refractivity contribution in [3.05, 3.63) is 242 Å². The van der Waals surface area contributed by atoms with E-state index in [4.69, 9.17) is 0 Å². The van der Waals surface area contributed by atoms with E-state index in [0.29, 0.717) is 5.92 Å². The number of benzene rings is 10. The molecule has 0 atom stereocenters. The molecule has 1 aromatic heterocycles. The minimum absolute atomic E-state index is 0.580. The van der Waals surface area contributed by atoms with Crippen molar-refractivity contribution in [3.8, 4) is 50.2 Å². The number of para-hydroxylation sites is 3. The Balaban J connectivity index is 1.00. The molecule has 0 N–H and O–H groups in total. The van der Waals surface area contributed by atoms with Crippen LogP contribution in [0.15, 0.2) is 237 Å². The summed E-state index contributed by atoms with van der Waals surface area (Å²) < 4.78 is 2.39. The summed E-state index contributed by atoms with van der Waals surface area (Å²) in [6.45, 7) is 0. The lowest BCUT2D eigenvalue weighted by Gasteiger charge is -2.29. The minimum atomic E-state index is 0.580. The van der Waals surface area contributed by atoms with Gasteiger partial charge in [0.25, 0.3) is 0 Å². The van der Waals surface area contributed by atoms with Crippen molar-refractivity contribution in [2.75, 3.05) is 4.90 Å². The largest absolute Gasteiger partial charge is 0.310 e. The van der Waals surface area contributed by atoms with E-state index in [-0.39, 0.29) is 0 Å². The normalized spacial score (nSPS) is 13.1. The van der Waals surface area contributed by atoms with Gasteiger partial charge in [0.15, 0.2) is 0 Å². The molecule has 316 valence electrons. The van der Waals surface area contributed by atoms with Crippen LogP contribution in [0.25, 0.3) is 82.8 Å². The molecule has 0 spiro atoms. The first-order valence-electron chi connectivity index (χ1n) is 23.6. The molecule has 0 aliphatic heterocycles. The number of nitrogens with zero attached hydrogens (tertiary/aromatic N) is 2. The van der Waals surface area contributed by atoms with Gasteiger partial charge in [-0.05, 0) is 135 Å². The molecule has 1 heterocycles. The van der Waals surface area contributed by atoms with Crippen molar-refractivity contribution < 1.29 is 0 Å². The van der Waals surface area contributed by atoms with Crippen LogP contribution in [0.1, 0.15) is 43.6 Å². The number of anilines is 3. The third kappa shape index (κ3) is 7.25. The predicted octanol–water partition coefficient (Wildman–Crippen LogP) is 18.1. The summed E-state index contributed by atoms with van der Waals surface area (Å²) in [6, 6.07) is 87.2. The van der Waals surface area contributed by atoms with Gasteiger partial charge in [-0.3, -0.25) is 0 Å². The van der Waals surface area contributed by atoms with E-state index >= 15 is 0 Å². The molecule has 12 rings (SSSR count). The van der Waals surface area contributed by atoms with E-state index in [0.717, 1.165) is 17.1 Å². The maximum Gasteiger partial charge on any atom is 0.0541 e. The maximum absolute atomic E-state index is 2.48. The van der Waals surface area contributed by atoms with Crippen LogP contribution in [0.2, 0.25) is 0 Å². The second kappa shape index (κ2) is 17.2. The lowest BCUT2D eigenvalue weighted by atomic mass is 9.80. The smallest absolute Gasteiger partial charge is 0.0541 e. The van der Waals surface area contributed by atoms with Crippen LogP contribution >= 0.6 is 0 Å². The Morgan fingerprint density at radius 2 is 0.924 bits per heavy atom. The molecule has 1 aliphatic rings. The number of rotatable bonds is 9. The van der Waals surface area contributed by atoms with E-state index in [2.05, 4.69) is 246 Å². The lowest BCUT2D eigenvalue weighted by Crippen LogP contribution is -2.11. The molecule has 2 heteroatoms. The Kier molecular flexibility index (Phi) is 10.3. The topological polar surface area (TPSA) is 8.17 Å².